The highest BCUT2D eigenvalue weighted by atomic mass is 32.2. The van der Waals surface area contributed by atoms with Gasteiger partial charge in [0.05, 0.1) is 12.9 Å². The van der Waals surface area contributed by atoms with Gasteiger partial charge in [0.1, 0.15) is 0 Å². The number of ether oxygens (including phenoxy) is 2. The lowest BCUT2D eigenvalue weighted by Gasteiger charge is -2.34. The van der Waals surface area contributed by atoms with Crippen molar-refractivity contribution >= 4 is 34.5 Å². The molecule has 2 rings (SSSR count). The number of methoxy groups -OCH3 is 1. The zero-order chi connectivity index (χ0) is 16.2. The number of para-hydroxylation sites is 2. The van der Waals surface area contributed by atoms with E-state index in [1.165, 1.54) is 6.92 Å². The van der Waals surface area contributed by atoms with Crippen molar-refractivity contribution in [1.29, 1.82) is 0 Å². The maximum atomic E-state index is 12.3. The van der Waals surface area contributed by atoms with Crippen LogP contribution in [0.1, 0.15) is 13.8 Å². The number of carbonyl (C=O) groups excluding carboxylic acids is 2. The van der Waals surface area contributed by atoms with Crippen molar-refractivity contribution in [3.63, 3.8) is 0 Å². The summed E-state index contributed by atoms with van der Waals surface area (Å²) in [6.07, 6.45) is 0. The molecule has 0 saturated carbocycles. The Kier molecular flexibility index (Phi) is 5.63. The van der Waals surface area contributed by atoms with Gasteiger partial charge in [-0.05, 0) is 12.1 Å². The summed E-state index contributed by atoms with van der Waals surface area (Å²) in [5.74, 6) is 2.06. The molecule has 0 aromatic heterocycles. The van der Waals surface area contributed by atoms with E-state index in [1.807, 2.05) is 31.2 Å². The highest BCUT2D eigenvalue weighted by molar-refractivity contribution is 8.14. The summed E-state index contributed by atoms with van der Waals surface area (Å²) < 4.78 is 11.4. The van der Waals surface area contributed by atoms with E-state index in [2.05, 4.69) is 0 Å². The van der Waals surface area contributed by atoms with Crippen LogP contribution in [-0.4, -0.2) is 46.1 Å². The van der Waals surface area contributed by atoms with E-state index in [0.29, 0.717) is 18.0 Å². The number of hydrogen-bond acceptors (Lipinski definition) is 6. The van der Waals surface area contributed by atoms with Crippen molar-refractivity contribution in [2.24, 2.45) is 0 Å². The van der Waals surface area contributed by atoms with Gasteiger partial charge in [0.15, 0.2) is 16.6 Å². The molecule has 1 aromatic carbocycles. The van der Waals surface area contributed by atoms with Crippen molar-refractivity contribution in [3.8, 4) is 11.5 Å². The van der Waals surface area contributed by atoms with Crippen LogP contribution in [0.25, 0.3) is 0 Å². The van der Waals surface area contributed by atoms with Gasteiger partial charge in [-0.3, -0.25) is 14.5 Å². The molecule has 120 valence electrons. The summed E-state index contributed by atoms with van der Waals surface area (Å²) >= 11 is 2.58. The molecule has 1 fully saturated rings. The first kappa shape index (κ1) is 17.0. The quantitative estimate of drug-likeness (QED) is 0.820. The number of thioether (sulfide) groups is 2. The highest BCUT2D eigenvalue weighted by Gasteiger charge is 2.43. The summed E-state index contributed by atoms with van der Waals surface area (Å²) in [5, 5.41) is -0.851. The Labute approximate surface area is 138 Å². The lowest BCUT2D eigenvalue weighted by Crippen LogP contribution is -2.48. The molecule has 1 aromatic rings. The minimum atomic E-state index is -0.789. The Morgan fingerprint density at radius 1 is 1.36 bits per heavy atom. The Hall–Kier alpha value is -1.34. The van der Waals surface area contributed by atoms with Crippen LogP contribution in [0.3, 0.4) is 0 Å². The van der Waals surface area contributed by atoms with E-state index in [1.54, 1.807) is 23.8 Å². The van der Waals surface area contributed by atoms with E-state index < -0.39 is 5.06 Å². The summed E-state index contributed by atoms with van der Waals surface area (Å²) in [4.78, 5) is 25.1. The molecule has 0 spiro atoms. The summed E-state index contributed by atoms with van der Waals surface area (Å²) in [6, 6.07) is 7.35. The van der Waals surface area contributed by atoms with Crippen molar-refractivity contribution in [2.45, 2.75) is 18.9 Å². The van der Waals surface area contributed by atoms with Crippen molar-refractivity contribution in [1.82, 2.24) is 4.90 Å². The molecule has 0 aliphatic carbocycles. The molecule has 0 N–H and O–H groups in total. The summed E-state index contributed by atoms with van der Waals surface area (Å²) in [7, 11) is 1.58. The minimum absolute atomic E-state index is 0.0625. The van der Waals surface area contributed by atoms with Gasteiger partial charge < -0.3 is 9.47 Å². The van der Waals surface area contributed by atoms with Crippen molar-refractivity contribution in [3.05, 3.63) is 24.3 Å². The van der Waals surface area contributed by atoms with Gasteiger partial charge in [0, 0.05) is 26.1 Å². The lowest BCUT2D eigenvalue weighted by molar-refractivity contribution is -0.136. The standard InChI is InChI=1S/C15H19NO4S2/c1-11(17)21-10-14(18)16-8-9-22-15(16,2)20-13-7-5-4-6-12(13)19-3/h4-7H,8-10H2,1-3H3. The average molecular weight is 341 g/mol. The zero-order valence-electron chi connectivity index (χ0n) is 12.8. The molecule has 5 nitrogen and oxygen atoms in total. The van der Waals surface area contributed by atoms with Crippen molar-refractivity contribution in [2.75, 3.05) is 25.2 Å². The summed E-state index contributed by atoms with van der Waals surface area (Å²) in [6.45, 7) is 3.93. The van der Waals surface area contributed by atoms with Gasteiger partial charge in [-0.2, -0.15) is 0 Å². The molecule has 1 unspecified atom stereocenters. The molecule has 7 heteroatoms. The third kappa shape index (κ3) is 3.89. The SMILES string of the molecule is COc1ccccc1OC1(C)SCCN1C(=O)CSC(C)=O. The highest BCUT2D eigenvalue weighted by Crippen LogP contribution is 2.40. The maximum absolute atomic E-state index is 12.3. The number of rotatable bonds is 5. The van der Waals surface area contributed by atoms with Crippen LogP contribution < -0.4 is 9.47 Å². The van der Waals surface area contributed by atoms with Gasteiger partial charge in [-0.15, -0.1) is 0 Å². The largest absolute Gasteiger partial charge is 0.493 e. The third-order valence-corrected chi connectivity index (χ3v) is 5.27. The van der Waals surface area contributed by atoms with E-state index in [4.69, 9.17) is 9.47 Å². The molecule has 0 bridgehead atoms. The molecular weight excluding hydrogens is 322 g/mol. The normalized spacial score (nSPS) is 20.8. The van der Waals surface area contributed by atoms with Crippen LogP contribution in [-0.2, 0) is 9.59 Å². The van der Waals surface area contributed by atoms with Gasteiger partial charge >= 0.3 is 0 Å². The molecule has 0 radical (unpaired) electrons. The number of nitrogens with zero attached hydrogens (tertiary/aromatic N) is 1. The van der Waals surface area contributed by atoms with Gasteiger partial charge in [-0.25, -0.2) is 0 Å². The number of benzene rings is 1. The molecule has 1 aliphatic rings. The van der Waals surface area contributed by atoms with Crippen LogP contribution in [0.5, 0.6) is 11.5 Å². The Morgan fingerprint density at radius 3 is 2.68 bits per heavy atom. The van der Waals surface area contributed by atoms with E-state index in [0.717, 1.165) is 17.5 Å². The zero-order valence-corrected chi connectivity index (χ0v) is 14.5. The van der Waals surface area contributed by atoms with Gasteiger partial charge in [-0.1, -0.05) is 35.7 Å². The maximum Gasteiger partial charge on any atom is 0.236 e. The van der Waals surface area contributed by atoms with Crippen molar-refractivity contribution < 1.29 is 19.1 Å². The van der Waals surface area contributed by atoms with Crippen LogP contribution in [0.4, 0.5) is 0 Å². The number of hydrogen-bond donors (Lipinski definition) is 0. The van der Waals surface area contributed by atoms with Gasteiger partial charge in [0.2, 0.25) is 11.0 Å². The summed E-state index contributed by atoms with van der Waals surface area (Å²) in [5.41, 5.74) is 0. The molecule has 1 saturated heterocycles. The predicted octanol–water partition coefficient (Wildman–Crippen LogP) is 2.60. The lowest BCUT2D eigenvalue weighted by atomic mass is 10.3. The second-order valence-corrected chi connectivity index (χ2v) is 7.43. The first-order valence-electron chi connectivity index (χ1n) is 6.86. The second kappa shape index (κ2) is 7.28. The molecule has 1 amide bonds. The van der Waals surface area contributed by atoms with Crippen LogP contribution in [0, 0.1) is 0 Å². The monoisotopic (exact) mass is 341 g/mol. The second-order valence-electron chi connectivity index (χ2n) is 4.82. The smallest absolute Gasteiger partial charge is 0.236 e. The number of carbonyl (C=O) groups is 2. The molecule has 1 heterocycles. The van der Waals surface area contributed by atoms with Gasteiger partial charge in [0.25, 0.3) is 0 Å². The Bertz CT molecular complexity index is 566. The fourth-order valence-electron chi connectivity index (χ4n) is 2.19. The van der Waals surface area contributed by atoms with E-state index >= 15 is 0 Å². The molecule has 22 heavy (non-hydrogen) atoms. The third-order valence-electron chi connectivity index (χ3n) is 3.24. The topological polar surface area (TPSA) is 55.8 Å². The first-order chi connectivity index (χ1) is 10.5. The van der Waals surface area contributed by atoms with E-state index in [9.17, 15) is 9.59 Å². The van der Waals surface area contributed by atoms with Crippen LogP contribution in [0.15, 0.2) is 24.3 Å². The predicted molar refractivity (Wildman–Crippen MR) is 89.3 cm³/mol. The van der Waals surface area contributed by atoms with Crippen LogP contribution in [0.2, 0.25) is 0 Å². The Morgan fingerprint density at radius 2 is 2.05 bits per heavy atom. The molecule has 1 aliphatic heterocycles. The van der Waals surface area contributed by atoms with E-state index in [-0.39, 0.29) is 16.8 Å². The Balaban J connectivity index is 2.13. The average Bonchev–Trinajstić information content (AvgIpc) is 2.87. The molecule has 1 atom stereocenters. The minimum Gasteiger partial charge on any atom is -0.493 e. The molecular formula is C15H19NO4S2. The van der Waals surface area contributed by atoms with Crippen LogP contribution >= 0.6 is 23.5 Å². The fourth-order valence-corrected chi connectivity index (χ4v) is 3.82. The number of amides is 1. The first-order valence-corrected chi connectivity index (χ1v) is 8.83. The fraction of sp³-hybridized carbons (Fsp3) is 0.467.